The zero-order valence-corrected chi connectivity index (χ0v) is 17.7. The summed E-state index contributed by atoms with van der Waals surface area (Å²) in [5, 5.41) is 3.13. The molecule has 2 rings (SSSR count). The molecule has 0 amide bonds. The van der Waals surface area contributed by atoms with Crippen molar-refractivity contribution in [1.29, 1.82) is 0 Å². The van der Waals surface area contributed by atoms with Gasteiger partial charge >= 0.3 is 0 Å². The van der Waals surface area contributed by atoms with Crippen molar-refractivity contribution < 1.29 is 0 Å². The Morgan fingerprint density at radius 1 is 1.12 bits per heavy atom. The third kappa shape index (κ3) is 6.19. The largest absolute Gasteiger partial charge is 0.370 e. The molecule has 0 radical (unpaired) electrons. The summed E-state index contributed by atoms with van der Waals surface area (Å²) in [6, 6.07) is 10.2. The number of pyridine rings is 1. The average Bonchev–Trinajstić information content (AvgIpc) is 2.58. The van der Waals surface area contributed by atoms with Gasteiger partial charge in [0, 0.05) is 25.0 Å². The lowest BCUT2D eigenvalue weighted by Gasteiger charge is -2.19. The SMILES string of the molecule is CCN(CC)c1ccc(CN=C(N)Nc2ccc(C)c(C)c2)cn1.I. The number of aromatic nitrogens is 1. The molecule has 5 nitrogen and oxygen atoms in total. The number of aryl methyl sites for hydroxylation is 2. The summed E-state index contributed by atoms with van der Waals surface area (Å²) >= 11 is 0. The molecule has 0 aliphatic carbocycles. The van der Waals surface area contributed by atoms with Gasteiger partial charge in [0.2, 0.25) is 0 Å². The number of nitrogens with one attached hydrogen (secondary N) is 1. The maximum absolute atomic E-state index is 5.97. The fraction of sp³-hybridized carbons (Fsp3) is 0.368. The minimum atomic E-state index is 0. The highest BCUT2D eigenvalue weighted by Gasteiger charge is 2.03. The summed E-state index contributed by atoms with van der Waals surface area (Å²) in [6.07, 6.45) is 1.86. The summed E-state index contributed by atoms with van der Waals surface area (Å²) in [4.78, 5) is 11.1. The van der Waals surface area contributed by atoms with E-state index in [-0.39, 0.29) is 24.0 Å². The second-order valence-corrected chi connectivity index (χ2v) is 5.82. The molecule has 0 aliphatic heterocycles. The smallest absolute Gasteiger partial charge is 0.193 e. The quantitative estimate of drug-likeness (QED) is 0.393. The van der Waals surface area contributed by atoms with Crippen molar-refractivity contribution >= 4 is 41.4 Å². The Kier molecular flexibility index (Phi) is 8.68. The minimum absolute atomic E-state index is 0. The molecule has 0 atom stereocenters. The van der Waals surface area contributed by atoms with Gasteiger partial charge in [-0.1, -0.05) is 12.1 Å². The minimum Gasteiger partial charge on any atom is -0.370 e. The Labute approximate surface area is 167 Å². The molecule has 1 heterocycles. The van der Waals surface area contributed by atoms with Crippen molar-refractivity contribution in [3.63, 3.8) is 0 Å². The van der Waals surface area contributed by atoms with Crippen LogP contribution in [0.15, 0.2) is 41.5 Å². The molecule has 0 spiro atoms. The van der Waals surface area contributed by atoms with Crippen molar-refractivity contribution in [2.24, 2.45) is 10.7 Å². The van der Waals surface area contributed by atoms with Gasteiger partial charge in [-0.3, -0.25) is 0 Å². The first-order chi connectivity index (χ1) is 11.5. The van der Waals surface area contributed by atoms with Gasteiger partial charge in [0.15, 0.2) is 5.96 Å². The Hall–Kier alpha value is -1.83. The predicted molar refractivity (Wildman–Crippen MR) is 118 cm³/mol. The molecule has 0 aliphatic rings. The molecule has 1 aromatic heterocycles. The third-order valence-corrected chi connectivity index (χ3v) is 4.11. The molecular formula is C19H28IN5. The number of nitrogens with zero attached hydrogens (tertiary/aromatic N) is 3. The topological polar surface area (TPSA) is 66.5 Å². The molecule has 2 aromatic rings. The van der Waals surface area contributed by atoms with E-state index in [1.54, 1.807) is 0 Å². The highest BCUT2D eigenvalue weighted by molar-refractivity contribution is 14.0. The summed E-state index contributed by atoms with van der Waals surface area (Å²) in [5.41, 5.74) is 10.4. The van der Waals surface area contributed by atoms with Crippen LogP contribution in [0.25, 0.3) is 0 Å². The Morgan fingerprint density at radius 3 is 2.40 bits per heavy atom. The van der Waals surface area contributed by atoms with Crippen molar-refractivity contribution in [3.05, 3.63) is 53.2 Å². The molecule has 0 unspecified atom stereocenters. The molecule has 136 valence electrons. The number of benzene rings is 1. The van der Waals surface area contributed by atoms with Gasteiger partial charge in [-0.2, -0.15) is 0 Å². The van der Waals surface area contributed by atoms with Crippen LogP contribution in [0.4, 0.5) is 11.5 Å². The monoisotopic (exact) mass is 453 g/mol. The maximum atomic E-state index is 5.97. The molecule has 6 heteroatoms. The fourth-order valence-corrected chi connectivity index (χ4v) is 2.43. The number of halogens is 1. The zero-order chi connectivity index (χ0) is 17.5. The van der Waals surface area contributed by atoms with Gasteiger partial charge in [-0.15, -0.1) is 24.0 Å². The number of guanidine groups is 1. The molecule has 0 fully saturated rings. The van der Waals surface area contributed by atoms with E-state index >= 15 is 0 Å². The van der Waals surface area contributed by atoms with Crippen LogP contribution in [-0.2, 0) is 6.54 Å². The fourth-order valence-electron chi connectivity index (χ4n) is 2.43. The van der Waals surface area contributed by atoms with Gasteiger partial charge in [-0.25, -0.2) is 9.98 Å². The molecule has 0 bridgehead atoms. The number of aliphatic imine (C=N–C) groups is 1. The number of anilines is 2. The van der Waals surface area contributed by atoms with Crippen molar-refractivity contribution in [2.75, 3.05) is 23.3 Å². The highest BCUT2D eigenvalue weighted by atomic mass is 127. The molecule has 0 saturated heterocycles. The Morgan fingerprint density at radius 2 is 1.84 bits per heavy atom. The van der Waals surface area contributed by atoms with E-state index in [2.05, 4.69) is 60.0 Å². The number of nitrogens with two attached hydrogens (primary N) is 1. The van der Waals surface area contributed by atoms with Crippen molar-refractivity contribution in [1.82, 2.24) is 4.98 Å². The summed E-state index contributed by atoms with van der Waals surface area (Å²) in [5.74, 6) is 1.40. The zero-order valence-electron chi connectivity index (χ0n) is 15.4. The molecule has 25 heavy (non-hydrogen) atoms. The van der Waals surface area contributed by atoms with Crippen LogP contribution in [0.5, 0.6) is 0 Å². The van der Waals surface area contributed by atoms with Gasteiger partial charge in [0.1, 0.15) is 5.82 Å². The Bertz CT molecular complexity index is 693. The maximum Gasteiger partial charge on any atom is 0.193 e. The van der Waals surface area contributed by atoms with E-state index < -0.39 is 0 Å². The van der Waals surface area contributed by atoms with Gasteiger partial charge in [-0.05, 0) is 62.6 Å². The highest BCUT2D eigenvalue weighted by Crippen LogP contribution is 2.14. The summed E-state index contributed by atoms with van der Waals surface area (Å²) in [6.45, 7) is 10.8. The normalized spacial score (nSPS) is 11.0. The van der Waals surface area contributed by atoms with E-state index in [0.29, 0.717) is 12.5 Å². The van der Waals surface area contributed by atoms with E-state index in [0.717, 1.165) is 30.2 Å². The Balaban J connectivity index is 0.00000312. The second-order valence-electron chi connectivity index (χ2n) is 5.82. The number of rotatable bonds is 6. The van der Waals surface area contributed by atoms with E-state index in [4.69, 9.17) is 5.73 Å². The lowest BCUT2D eigenvalue weighted by atomic mass is 10.1. The first-order valence-electron chi connectivity index (χ1n) is 8.37. The van der Waals surface area contributed by atoms with Crippen LogP contribution in [-0.4, -0.2) is 24.0 Å². The summed E-state index contributed by atoms with van der Waals surface area (Å²) in [7, 11) is 0. The van der Waals surface area contributed by atoms with Gasteiger partial charge in [0.05, 0.1) is 6.54 Å². The molecule has 1 aromatic carbocycles. The molecular weight excluding hydrogens is 425 g/mol. The first kappa shape index (κ1) is 21.2. The van der Waals surface area contributed by atoms with E-state index in [9.17, 15) is 0 Å². The van der Waals surface area contributed by atoms with Crippen LogP contribution in [0, 0.1) is 13.8 Å². The van der Waals surface area contributed by atoms with Crippen LogP contribution >= 0.6 is 24.0 Å². The summed E-state index contributed by atoms with van der Waals surface area (Å²) < 4.78 is 0. The first-order valence-corrected chi connectivity index (χ1v) is 8.37. The molecule has 3 N–H and O–H groups in total. The number of hydrogen-bond acceptors (Lipinski definition) is 3. The lowest BCUT2D eigenvalue weighted by molar-refractivity contribution is 0.843. The predicted octanol–water partition coefficient (Wildman–Crippen LogP) is 4.09. The number of hydrogen-bond donors (Lipinski definition) is 2. The van der Waals surface area contributed by atoms with E-state index in [1.165, 1.54) is 11.1 Å². The van der Waals surface area contributed by atoms with E-state index in [1.807, 2.05) is 24.4 Å². The van der Waals surface area contributed by atoms with Crippen molar-refractivity contribution in [3.8, 4) is 0 Å². The van der Waals surface area contributed by atoms with Crippen LogP contribution < -0.4 is 16.0 Å². The lowest BCUT2D eigenvalue weighted by Crippen LogP contribution is -2.23. The van der Waals surface area contributed by atoms with Crippen molar-refractivity contribution in [2.45, 2.75) is 34.2 Å². The van der Waals surface area contributed by atoms with Crippen LogP contribution in [0.3, 0.4) is 0 Å². The standard InChI is InChI=1S/C19H27N5.HI/c1-5-24(6-2)18-10-8-16(12-21-18)13-22-19(20)23-17-9-7-14(3)15(4)11-17;/h7-12H,5-6,13H2,1-4H3,(H3,20,22,23);1H. The molecule has 0 saturated carbocycles. The third-order valence-electron chi connectivity index (χ3n) is 4.11. The second kappa shape index (κ2) is 10.2. The van der Waals surface area contributed by atoms with Gasteiger partial charge < -0.3 is 16.0 Å². The van der Waals surface area contributed by atoms with Crippen LogP contribution in [0.1, 0.15) is 30.5 Å². The average molecular weight is 453 g/mol. The van der Waals surface area contributed by atoms with Gasteiger partial charge in [0.25, 0.3) is 0 Å². The van der Waals surface area contributed by atoms with Crippen LogP contribution in [0.2, 0.25) is 0 Å².